The van der Waals surface area contributed by atoms with Gasteiger partial charge in [0.05, 0.1) is 0 Å². The molecule has 24 heavy (non-hydrogen) atoms. The van der Waals surface area contributed by atoms with Gasteiger partial charge in [0.1, 0.15) is 6.04 Å². The summed E-state index contributed by atoms with van der Waals surface area (Å²) in [7, 11) is 0. The van der Waals surface area contributed by atoms with E-state index in [0.717, 1.165) is 36.0 Å². The highest BCUT2D eigenvalue weighted by Crippen LogP contribution is 2.28. The summed E-state index contributed by atoms with van der Waals surface area (Å²) in [4.78, 5) is 22.4. The number of nitroso groups, excluding NO2 is 1. The Kier molecular flexibility index (Phi) is 6.67. The lowest BCUT2D eigenvalue weighted by Gasteiger charge is -2.11. The first kappa shape index (κ1) is 17.9. The van der Waals surface area contributed by atoms with Crippen LogP contribution in [0.5, 0.6) is 0 Å². The third kappa shape index (κ3) is 4.75. The van der Waals surface area contributed by atoms with Crippen LogP contribution in [0, 0.1) is 4.91 Å². The highest BCUT2D eigenvalue weighted by Gasteiger charge is 2.12. The molecule has 2 aromatic carbocycles. The molecule has 0 spiro atoms. The second kappa shape index (κ2) is 8.96. The number of carbonyl (C=O) groups excluding carboxylic acids is 1. The molecule has 4 heteroatoms. The Bertz CT molecular complexity index is 680. The quantitative estimate of drug-likeness (QED) is 0.506. The second-order valence-electron chi connectivity index (χ2n) is 6.04. The summed E-state index contributed by atoms with van der Waals surface area (Å²) < 4.78 is 0. The van der Waals surface area contributed by atoms with Crippen LogP contribution in [-0.4, -0.2) is 5.91 Å². The Morgan fingerprint density at radius 3 is 2.42 bits per heavy atom. The highest BCUT2D eigenvalue weighted by atomic mass is 16.3. The van der Waals surface area contributed by atoms with Crippen LogP contribution in [0.3, 0.4) is 0 Å². The van der Waals surface area contributed by atoms with Gasteiger partial charge in [-0.25, -0.2) is 0 Å². The van der Waals surface area contributed by atoms with Crippen LogP contribution in [-0.2, 0) is 0 Å². The van der Waals surface area contributed by atoms with Crippen molar-refractivity contribution in [1.29, 1.82) is 0 Å². The number of unbranched alkanes of at least 4 members (excludes halogenated alkanes) is 3. The van der Waals surface area contributed by atoms with Gasteiger partial charge in [-0.1, -0.05) is 68.1 Å². The van der Waals surface area contributed by atoms with Gasteiger partial charge in [-0.15, -0.1) is 0 Å². The average molecular weight is 324 g/mol. The van der Waals surface area contributed by atoms with Crippen LogP contribution in [0.15, 0.2) is 53.7 Å². The van der Waals surface area contributed by atoms with Crippen molar-refractivity contribution in [3.63, 3.8) is 0 Å². The molecular weight excluding hydrogens is 300 g/mol. The van der Waals surface area contributed by atoms with Gasteiger partial charge in [-0.2, -0.15) is 4.91 Å². The van der Waals surface area contributed by atoms with Crippen LogP contribution in [0.1, 0.15) is 61.0 Å². The lowest BCUT2D eigenvalue weighted by atomic mass is 9.96. The van der Waals surface area contributed by atoms with Gasteiger partial charge < -0.3 is 5.73 Å². The topological polar surface area (TPSA) is 72.5 Å². The third-order valence-electron chi connectivity index (χ3n) is 4.23. The molecule has 0 saturated heterocycles. The van der Waals surface area contributed by atoms with E-state index < -0.39 is 5.91 Å². The van der Waals surface area contributed by atoms with Crippen LogP contribution in [0.2, 0.25) is 0 Å². The number of benzene rings is 2. The van der Waals surface area contributed by atoms with Gasteiger partial charge in [-0.05, 0) is 41.3 Å². The Morgan fingerprint density at radius 2 is 1.79 bits per heavy atom. The van der Waals surface area contributed by atoms with Gasteiger partial charge >= 0.3 is 0 Å². The SMILES string of the molecule is CCCCCCC(N=O)c1cccc(-c2ccc(C(N)=O)cc2)c1. The molecular formula is C20H24N2O2. The third-order valence-corrected chi connectivity index (χ3v) is 4.23. The summed E-state index contributed by atoms with van der Waals surface area (Å²) >= 11 is 0. The van der Waals surface area contributed by atoms with Crippen molar-refractivity contribution < 1.29 is 4.79 Å². The first-order valence-corrected chi connectivity index (χ1v) is 8.48. The van der Waals surface area contributed by atoms with Crippen molar-refractivity contribution >= 4 is 5.91 Å². The average Bonchev–Trinajstić information content (AvgIpc) is 2.62. The molecule has 0 saturated carbocycles. The predicted molar refractivity (Wildman–Crippen MR) is 97.7 cm³/mol. The number of nitrogens with two attached hydrogens (primary N) is 1. The number of carbonyl (C=O) groups is 1. The number of amides is 1. The molecule has 1 atom stereocenters. The van der Waals surface area contributed by atoms with Crippen LogP contribution in [0.25, 0.3) is 11.1 Å². The molecule has 2 N–H and O–H groups in total. The summed E-state index contributed by atoms with van der Waals surface area (Å²) in [6.45, 7) is 2.17. The molecule has 1 unspecified atom stereocenters. The Hall–Kier alpha value is -2.49. The fraction of sp³-hybridized carbons (Fsp3) is 0.350. The molecule has 0 aliphatic rings. The van der Waals surface area contributed by atoms with Crippen molar-refractivity contribution in [1.82, 2.24) is 0 Å². The molecule has 0 radical (unpaired) electrons. The van der Waals surface area contributed by atoms with Gasteiger partial charge in [0, 0.05) is 5.56 Å². The largest absolute Gasteiger partial charge is 0.366 e. The van der Waals surface area contributed by atoms with E-state index in [1.165, 1.54) is 12.8 Å². The standard InChI is InChI=1S/C20H24N2O2/c1-2-3-4-5-9-19(22-24)18-8-6-7-17(14-18)15-10-12-16(13-11-15)20(21)23/h6-8,10-14,19H,2-5,9H2,1H3,(H2,21,23). The van der Waals surface area contributed by atoms with Crippen molar-refractivity contribution in [2.75, 3.05) is 0 Å². The van der Waals surface area contributed by atoms with Crippen LogP contribution >= 0.6 is 0 Å². The monoisotopic (exact) mass is 324 g/mol. The lowest BCUT2D eigenvalue weighted by molar-refractivity contribution is 0.100. The molecule has 2 rings (SSSR count). The Labute approximate surface area is 143 Å². The van der Waals surface area contributed by atoms with Gasteiger partial charge in [0.25, 0.3) is 0 Å². The summed E-state index contributed by atoms with van der Waals surface area (Å²) in [5, 5.41) is 3.32. The zero-order valence-electron chi connectivity index (χ0n) is 14.1. The number of primary amides is 1. The molecule has 0 heterocycles. The predicted octanol–water partition coefficient (Wildman–Crippen LogP) is 5.23. The Balaban J connectivity index is 2.14. The minimum atomic E-state index is -0.437. The summed E-state index contributed by atoms with van der Waals surface area (Å²) in [6.07, 6.45) is 5.31. The lowest BCUT2D eigenvalue weighted by Crippen LogP contribution is -2.10. The van der Waals surface area contributed by atoms with E-state index >= 15 is 0 Å². The minimum absolute atomic E-state index is 0.299. The zero-order valence-corrected chi connectivity index (χ0v) is 14.1. The minimum Gasteiger partial charge on any atom is -0.366 e. The van der Waals surface area contributed by atoms with Crippen molar-refractivity contribution in [3.8, 4) is 11.1 Å². The maximum absolute atomic E-state index is 11.2. The highest BCUT2D eigenvalue weighted by molar-refractivity contribution is 5.93. The molecule has 0 fully saturated rings. The summed E-state index contributed by atoms with van der Waals surface area (Å²) in [5.41, 5.74) is 8.68. The van der Waals surface area contributed by atoms with E-state index in [4.69, 9.17) is 5.73 Å². The number of rotatable bonds is 9. The van der Waals surface area contributed by atoms with Crippen molar-refractivity contribution in [2.45, 2.75) is 45.1 Å². The molecule has 126 valence electrons. The Morgan fingerprint density at radius 1 is 1.04 bits per heavy atom. The maximum atomic E-state index is 11.2. The first-order valence-electron chi connectivity index (χ1n) is 8.48. The first-order chi connectivity index (χ1) is 11.7. The normalized spacial score (nSPS) is 11.9. The number of nitrogens with zero attached hydrogens (tertiary/aromatic N) is 1. The van der Waals surface area contributed by atoms with Crippen molar-refractivity contribution in [2.24, 2.45) is 10.9 Å². The smallest absolute Gasteiger partial charge is 0.248 e. The van der Waals surface area contributed by atoms with E-state index in [0.29, 0.717) is 5.56 Å². The van der Waals surface area contributed by atoms with E-state index in [1.54, 1.807) is 12.1 Å². The molecule has 0 aliphatic carbocycles. The molecule has 0 aliphatic heterocycles. The van der Waals surface area contributed by atoms with Gasteiger partial charge in [-0.3, -0.25) is 4.79 Å². The summed E-state index contributed by atoms with van der Waals surface area (Å²) in [6, 6.07) is 14.7. The molecule has 4 nitrogen and oxygen atoms in total. The van der Waals surface area contributed by atoms with Crippen molar-refractivity contribution in [3.05, 3.63) is 64.6 Å². The van der Waals surface area contributed by atoms with E-state index in [1.807, 2.05) is 36.4 Å². The fourth-order valence-corrected chi connectivity index (χ4v) is 2.80. The molecule has 1 amide bonds. The van der Waals surface area contributed by atoms with Gasteiger partial charge in [0.2, 0.25) is 5.91 Å². The molecule has 0 aromatic heterocycles. The number of hydrogen-bond donors (Lipinski definition) is 1. The molecule has 0 bridgehead atoms. The fourth-order valence-electron chi connectivity index (χ4n) is 2.80. The van der Waals surface area contributed by atoms with E-state index in [2.05, 4.69) is 12.1 Å². The van der Waals surface area contributed by atoms with E-state index in [-0.39, 0.29) is 6.04 Å². The maximum Gasteiger partial charge on any atom is 0.248 e. The van der Waals surface area contributed by atoms with Crippen LogP contribution < -0.4 is 5.73 Å². The van der Waals surface area contributed by atoms with Crippen LogP contribution in [0.4, 0.5) is 0 Å². The summed E-state index contributed by atoms with van der Waals surface area (Å²) in [5.74, 6) is -0.437. The zero-order chi connectivity index (χ0) is 17.4. The number of hydrogen-bond acceptors (Lipinski definition) is 3. The second-order valence-corrected chi connectivity index (χ2v) is 6.04. The van der Waals surface area contributed by atoms with Gasteiger partial charge in [0.15, 0.2) is 0 Å². The van der Waals surface area contributed by atoms with E-state index in [9.17, 15) is 9.70 Å². The molecule has 2 aromatic rings.